The second-order valence-electron chi connectivity index (χ2n) is 13.6. The summed E-state index contributed by atoms with van der Waals surface area (Å²) in [7, 11) is -2.36. The highest BCUT2D eigenvalue weighted by Crippen LogP contribution is 2.43. The SMILES string of the molecule is COC(=O)COc1cc(S(C)(=O)=O)ccc1NCC#Cc1cc2c(N[C@H]3CC[C@H](N4CC5(CCOCC5)C4)CC3)cccc2n1CC(F)(F)F. The van der Waals surface area contributed by atoms with Crippen molar-refractivity contribution in [2.75, 3.05) is 63.5 Å². The van der Waals surface area contributed by atoms with E-state index in [2.05, 4.69) is 32.1 Å². The fourth-order valence-electron chi connectivity index (χ4n) is 7.33. The number of benzene rings is 2. The van der Waals surface area contributed by atoms with Crippen molar-refractivity contribution in [1.29, 1.82) is 0 Å². The summed E-state index contributed by atoms with van der Waals surface area (Å²) in [4.78, 5) is 14.2. The van der Waals surface area contributed by atoms with Crippen LogP contribution in [-0.2, 0) is 30.7 Å². The third-order valence-corrected chi connectivity index (χ3v) is 11.1. The Morgan fingerprint density at radius 2 is 1.80 bits per heavy atom. The van der Waals surface area contributed by atoms with Crippen molar-refractivity contribution >= 4 is 38.1 Å². The molecule has 14 heteroatoms. The van der Waals surface area contributed by atoms with Crippen LogP contribution in [0, 0.1) is 17.3 Å². The average molecular weight is 717 g/mol. The molecular formula is C36H43F3N4O6S. The van der Waals surface area contributed by atoms with Gasteiger partial charge in [0.1, 0.15) is 12.3 Å². The van der Waals surface area contributed by atoms with Crippen molar-refractivity contribution in [1.82, 2.24) is 9.47 Å². The Hall–Kier alpha value is -3.93. The quantitative estimate of drug-likeness (QED) is 0.209. The topological polar surface area (TPSA) is 111 Å². The van der Waals surface area contributed by atoms with Gasteiger partial charge < -0.3 is 29.4 Å². The molecule has 270 valence electrons. The first kappa shape index (κ1) is 35.9. The van der Waals surface area contributed by atoms with Crippen LogP contribution in [0.1, 0.15) is 44.2 Å². The Labute approximate surface area is 290 Å². The lowest BCUT2D eigenvalue weighted by Crippen LogP contribution is -2.62. The maximum Gasteiger partial charge on any atom is 0.406 e. The van der Waals surface area contributed by atoms with Gasteiger partial charge in [0.25, 0.3) is 0 Å². The number of rotatable bonds is 10. The summed E-state index contributed by atoms with van der Waals surface area (Å²) < 4.78 is 82.3. The van der Waals surface area contributed by atoms with Crippen LogP contribution in [0.2, 0.25) is 0 Å². The summed E-state index contributed by atoms with van der Waals surface area (Å²) in [6, 6.07) is 12.0. The highest BCUT2D eigenvalue weighted by molar-refractivity contribution is 7.90. The summed E-state index contributed by atoms with van der Waals surface area (Å²) in [5.74, 6) is 5.21. The van der Waals surface area contributed by atoms with Gasteiger partial charge in [0.15, 0.2) is 16.4 Å². The van der Waals surface area contributed by atoms with Crippen molar-refractivity contribution in [3.05, 3.63) is 48.2 Å². The number of hydrogen-bond acceptors (Lipinski definition) is 9. The van der Waals surface area contributed by atoms with Crippen molar-refractivity contribution in [2.45, 2.75) is 68.2 Å². The van der Waals surface area contributed by atoms with E-state index < -0.39 is 35.1 Å². The van der Waals surface area contributed by atoms with E-state index in [0.29, 0.717) is 28.0 Å². The predicted octanol–water partition coefficient (Wildman–Crippen LogP) is 5.46. The van der Waals surface area contributed by atoms with Crippen LogP contribution in [0.3, 0.4) is 0 Å². The predicted molar refractivity (Wildman–Crippen MR) is 184 cm³/mol. The van der Waals surface area contributed by atoms with Crippen LogP contribution in [0.25, 0.3) is 10.9 Å². The first-order chi connectivity index (χ1) is 23.8. The van der Waals surface area contributed by atoms with E-state index in [4.69, 9.17) is 9.47 Å². The molecule has 2 saturated heterocycles. The number of nitrogens with one attached hydrogen (secondary N) is 2. The molecule has 50 heavy (non-hydrogen) atoms. The van der Waals surface area contributed by atoms with E-state index in [9.17, 15) is 26.4 Å². The summed E-state index contributed by atoms with van der Waals surface area (Å²) in [5.41, 5.74) is 2.24. The molecule has 0 radical (unpaired) electrons. The zero-order chi connectivity index (χ0) is 35.5. The number of carbonyl (C=O) groups excluding carboxylic acids is 1. The fraction of sp³-hybridized carbons (Fsp3) is 0.528. The zero-order valence-electron chi connectivity index (χ0n) is 28.3. The lowest BCUT2D eigenvalue weighted by atomic mass is 9.71. The van der Waals surface area contributed by atoms with Gasteiger partial charge in [0.2, 0.25) is 0 Å². The van der Waals surface area contributed by atoms with E-state index in [1.54, 1.807) is 18.2 Å². The number of alkyl halides is 3. The number of methoxy groups -OCH3 is 1. The van der Waals surface area contributed by atoms with Gasteiger partial charge in [0, 0.05) is 67.2 Å². The Bertz CT molecular complexity index is 1860. The van der Waals surface area contributed by atoms with E-state index >= 15 is 0 Å². The Morgan fingerprint density at radius 3 is 2.48 bits per heavy atom. The molecule has 0 amide bonds. The molecule has 3 aromatic rings. The molecule has 6 rings (SSSR count). The summed E-state index contributed by atoms with van der Waals surface area (Å²) in [6.45, 7) is 2.41. The van der Waals surface area contributed by atoms with Crippen LogP contribution in [0.4, 0.5) is 24.5 Å². The van der Waals surface area contributed by atoms with Gasteiger partial charge in [-0.2, -0.15) is 13.2 Å². The van der Waals surface area contributed by atoms with Gasteiger partial charge in [-0.1, -0.05) is 12.0 Å². The fourth-order valence-corrected chi connectivity index (χ4v) is 7.97. The molecule has 10 nitrogen and oxygen atoms in total. The largest absolute Gasteiger partial charge is 0.480 e. The minimum atomic E-state index is -4.46. The van der Waals surface area contributed by atoms with E-state index in [1.807, 2.05) is 6.07 Å². The van der Waals surface area contributed by atoms with Gasteiger partial charge >= 0.3 is 12.1 Å². The number of hydrogen-bond donors (Lipinski definition) is 2. The Morgan fingerprint density at radius 1 is 1.06 bits per heavy atom. The highest BCUT2D eigenvalue weighted by atomic mass is 32.2. The lowest BCUT2D eigenvalue weighted by Gasteiger charge is -2.56. The molecule has 0 unspecified atom stereocenters. The third-order valence-electron chi connectivity index (χ3n) is 10.0. The number of halogens is 3. The summed E-state index contributed by atoms with van der Waals surface area (Å²) in [5, 5.41) is 7.32. The number of fused-ring (bicyclic) bond motifs is 1. The second-order valence-corrected chi connectivity index (χ2v) is 15.6. The lowest BCUT2D eigenvalue weighted by molar-refractivity contribution is -0.143. The zero-order valence-corrected chi connectivity index (χ0v) is 29.1. The van der Waals surface area contributed by atoms with Gasteiger partial charge in [0.05, 0.1) is 35.4 Å². The molecule has 3 aliphatic rings. The number of sulfone groups is 1. The molecule has 1 saturated carbocycles. The number of carbonyl (C=O) groups is 1. The minimum absolute atomic E-state index is 0.000608. The number of aromatic nitrogens is 1. The van der Waals surface area contributed by atoms with Crippen molar-refractivity contribution in [3.8, 4) is 17.6 Å². The van der Waals surface area contributed by atoms with E-state index in [0.717, 1.165) is 76.8 Å². The van der Waals surface area contributed by atoms with Gasteiger partial charge in [-0.3, -0.25) is 4.90 Å². The van der Waals surface area contributed by atoms with Crippen LogP contribution < -0.4 is 15.4 Å². The molecule has 2 N–H and O–H groups in total. The number of likely N-dealkylation sites (tertiary alicyclic amines) is 1. The molecule has 3 heterocycles. The molecular weight excluding hydrogens is 673 g/mol. The van der Waals surface area contributed by atoms with Crippen LogP contribution >= 0.6 is 0 Å². The standard InChI is InChI=1S/C36H43F3N4O6S/c1-47-34(44)21-49-33-20-28(50(2,45)46)12-13-31(33)40-16-4-5-27-19-29-30(6-3-7-32(29)43(27)24-36(37,38)39)41-25-8-10-26(11-9-25)42-22-35(23-42)14-17-48-18-15-35/h3,6-7,12-13,19-20,25-26,40-41H,8-11,14-18,21-24H2,1-2H3/t25-,26-. The Balaban J connectivity index is 1.15. The number of esters is 1. The van der Waals surface area contributed by atoms with Crippen LogP contribution in [0.15, 0.2) is 47.4 Å². The maximum absolute atomic E-state index is 13.8. The third kappa shape index (κ3) is 8.50. The molecule has 0 atom stereocenters. The van der Waals surface area contributed by atoms with E-state index in [-0.39, 0.29) is 28.9 Å². The molecule has 0 bridgehead atoms. The number of nitrogens with zero attached hydrogens (tertiary/aromatic N) is 2. The first-order valence-corrected chi connectivity index (χ1v) is 18.8. The summed E-state index contributed by atoms with van der Waals surface area (Å²) in [6.07, 6.45) is 3.05. The molecule has 2 aliphatic heterocycles. The van der Waals surface area contributed by atoms with Crippen molar-refractivity contribution in [2.24, 2.45) is 5.41 Å². The normalized spacial score (nSPS) is 20.8. The number of ether oxygens (including phenoxy) is 3. The van der Waals surface area contributed by atoms with Gasteiger partial charge in [-0.25, -0.2) is 13.2 Å². The molecule has 1 aliphatic carbocycles. The van der Waals surface area contributed by atoms with Crippen LogP contribution in [0.5, 0.6) is 5.75 Å². The molecule has 3 fully saturated rings. The van der Waals surface area contributed by atoms with Gasteiger partial charge in [-0.15, -0.1) is 0 Å². The summed E-state index contributed by atoms with van der Waals surface area (Å²) >= 11 is 0. The average Bonchev–Trinajstić information content (AvgIpc) is 3.41. The van der Waals surface area contributed by atoms with Crippen molar-refractivity contribution in [3.63, 3.8) is 0 Å². The first-order valence-electron chi connectivity index (χ1n) is 16.9. The van der Waals surface area contributed by atoms with Crippen LogP contribution in [-0.4, -0.2) is 94.9 Å². The van der Waals surface area contributed by atoms with E-state index in [1.165, 1.54) is 29.9 Å². The molecule has 1 spiro atoms. The molecule has 2 aromatic carbocycles. The monoisotopic (exact) mass is 716 g/mol. The van der Waals surface area contributed by atoms with Gasteiger partial charge in [-0.05, 0) is 74.8 Å². The molecule has 1 aromatic heterocycles. The number of anilines is 2. The van der Waals surface area contributed by atoms with Crippen molar-refractivity contribution < 1.29 is 40.6 Å². The Kier molecular flexibility index (Phi) is 10.6. The highest BCUT2D eigenvalue weighted by Gasteiger charge is 2.46. The maximum atomic E-state index is 13.8. The second kappa shape index (κ2) is 14.7. The smallest absolute Gasteiger partial charge is 0.406 e. The minimum Gasteiger partial charge on any atom is -0.480 e.